The number of benzene rings is 1. The third-order valence-corrected chi connectivity index (χ3v) is 5.00. The van der Waals surface area contributed by atoms with Crippen molar-refractivity contribution in [2.24, 2.45) is 0 Å². The van der Waals surface area contributed by atoms with E-state index in [2.05, 4.69) is 15.6 Å². The molecule has 29 heavy (non-hydrogen) atoms. The lowest BCUT2D eigenvalue weighted by Crippen LogP contribution is -2.48. The van der Waals surface area contributed by atoms with E-state index in [4.69, 9.17) is 0 Å². The SMILES string of the molecule is O=C(NC1CCN(C(=O)Nc2ccccc2)CC1)c1cnc2ccccn2c1=O. The smallest absolute Gasteiger partial charge is 0.321 e. The Morgan fingerprint density at radius 1 is 1.00 bits per heavy atom. The van der Waals surface area contributed by atoms with Crippen molar-refractivity contribution < 1.29 is 9.59 Å². The normalized spacial score (nSPS) is 14.6. The second-order valence-corrected chi connectivity index (χ2v) is 6.94. The van der Waals surface area contributed by atoms with Gasteiger partial charge in [0.1, 0.15) is 11.2 Å². The van der Waals surface area contributed by atoms with Crippen molar-refractivity contribution in [1.82, 2.24) is 19.6 Å². The fraction of sp³-hybridized carbons (Fsp3) is 0.238. The van der Waals surface area contributed by atoms with E-state index < -0.39 is 11.5 Å². The Bertz CT molecular complexity index is 1090. The van der Waals surface area contributed by atoms with Crippen molar-refractivity contribution >= 4 is 23.3 Å². The van der Waals surface area contributed by atoms with Crippen molar-refractivity contribution in [2.75, 3.05) is 18.4 Å². The highest BCUT2D eigenvalue weighted by atomic mass is 16.2. The first kappa shape index (κ1) is 18.7. The second-order valence-electron chi connectivity index (χ2n) is 6.94. The molecule has 0 unspecified atom stereocenters. The molecular weight excluding hydrogens is 370 g/mol. The number of hydrogen-bond acceptors (Lipinski definition) is 4. The van der Waals surface area contributed by atoms with Crippen LogP contribution < -0.4 is 16.2 Å². The van der Waals surface area contributed by atoms with Crippen LogP contribution >= 0.6 is 0 Å². The molecule has 1 aliphatic rings. The molecule has 4 rings (SSSR count). The quantitative estimate of drug-likeness (QED) is 0.715. The Morgan fingerprint density at radius 2 is 1.72 bits per heavy atom. The van der Waals surface area contributed by atoms with Gasteiger partial charge in [-0.1, -0.05) is 24.3 Å². The van der Waals surface area contributed by atoms with E-state index in [1.807, 2.05) is 30.3 Å². The van der Waals surface area contributed by atoms with Gasteiger partial charge in [0.25, 0.3) is 11.5 Å². The summed E-state index contributed by atoms with van der Waals surface area (Å²) in [6, 6.07) is 14.2. The number of hydrogen-bond donors (Lipinski definition) is 2. The molecule has 8 nitrogen and oxygen atoms in total. The maximum absolute atomic E-state index is 12.6. The first-order valence-corrected chi connectivity index (χ1v) is 9.50. The summed E-state index contributed by atoms with van der Waals surface area (Å²) in [5.41, 5.74) is 0.856. The Hall–Kier alpha value is -3.68. The molecule has 0 aliphatic carbocycles. The number of rotatable bonds is 3. The van der Waals surface area contributed by atoms with E-state index in [0.29, 0.717) is 31.6 Å². The molecule has 3 aromatic rings. The maximum atomic E-state index is 12.6. The molecule has 0 radical (unpaired) electrons. The molecule has 3 amide bonds. The van der Waals surface area contributed by atoms with Gasteiger partial charge in [0.2, 0.25) is 0 Å². The lowest BCUT2D eigenvalue weighted by molar-refractivity contribution is 0.0917. The summed E-state index contributed by atoms with van der Waals surface area (Å²) in [4.78, 5) is 43.4. The summed E-state index contributed by atoms with van der Waals surface area (Å²) in [6.07, 6.45) is 4.15. The fourth-order valence-electron chi connectivity index (χ4n) is 3.40. The number of nitrogens with zero attached hydrogens (tertiary/aromatic N) is 3. The zero-order valence-electron chi connectivity index (χ0n) is 15.7. The molecule has 8 heteroatoms. The molecule has 0 saturated carbocycles. The van der Waals surface area contributed by atoms with Crippen LogP contribution in [0.3, 0.4) is 0 Å². The number of anilines is 1. The van der Waals surface area contributed by atoms with Crippen LogP contribution in [0.1, 0.15) is 23.2 Å². The molecular formula is C21H21N5O3. The minimum atomic E-state index is -0.437. The molecule has 1 saturated heterocycles. The van der Waals surface area contributed by atoms with Crippen LogP contribution in [-0.4, -0.2) is 45.4 Å². The van der Waals surface area contributed by atoms with Crippen molar-refractivity contribution in [3.63, 3.8) is 0 Å². The van der Waals surface area contributed by atoms with Gasteiger partial charge in [0.15, 0.2) is 0 Å². The lowest BCUT2D eigenvalue weighted by atomic mass is 10.0. The zero-order chi connectivity index (χ0) is 20.2. The lowest BCUT2D eigenvalue weighted by Gasteiger charge is -2.32. The van der Waals surface area contributed by atoms with Crippen LogP contribution in [-0.2, 0) is 0 Å². The molecule has 1 aliphatic heterocycles. The van der Waals surface area contributed by atoms with E-state index in [0.717, 1.165) is 5.69 Å². The fourth-order valence-corrected chi connectivity index (χ4v) is 3.40. The Morgan fingerprint density at radius 3 is 2.48 bits per heavy atom. The molecule has 1 aromatic carbocycles. The summed E-state index contributed by atoms with van der Waals surface area (Å²) < 4.78 is 1.35. The Balaban J connectivity index is 1.35. The van der Waals surface area contributed by atoms with Gasteiger partial charge >= 0.3 is 6.03 Å². The minimum Gasteiger partial charge on any atom is -0.349 e. The summed E-state index contributed by atoms with van der Waals surface area (Å²) in [7, 11) is 0. The van der Waals surface area contributed by atoms with Gasteiger partial charge in [-0.3, -0.25) is 14.0 Å². The number of para-hydroxylation sites is 1. The van der Waals surface area contributed by atoms with Crippen LogP contribution in [0.4, 0.5) is 10.5 Å². The van der Waals surface area contributed by atoms with Gasteiger partial charge < -0.3 is 15.5 Å². The van der Waals surface area contributed by atoms with Crippen LogP contribution in [0.15, 0.2) is 65.7 Å². The number of amides is 3. The summed E-state index contributed by atoms with van der Waals surface area (Å²) in [5, 5.41) is 5.76. The predicted molar refractivity (Wildman–Crippen MR) is 109 cm³/mol. The number of likely N-dealkylation sites (tertiary alicyclic amines) is 1. The number of aromatic nitrogens is 2. The highest BCUT2D eigenvalue weighted by Gasteiger charge is 2.25. The van der Waals surface area contributed by atoms with E-state index in [1.54, 1.807) is 29.3 Å². The Labute approximate surface area is 167 Å². The van der Waals surface area contributed by atoms with E-state index in [-0.39, 0.29) is 17.6 Å². The largest absolute Gasteiger partial charge is 0.349 e. The van der Waals surface area contributed by atoms with Gasteiger partial charge in [0, 0.05) is 37.2 Å². The number of piperidine rings is 1. The molecule has 1 fully saturated rings. The number of fused-ring (bicyclic) bond motifs is 1. The molecule has 148 valence electrons. The van der Waals surface area contributed by atoms with Crippen LogP contribution in [0.25, 0.3) is 5.65 Å². The molecule has 2 N–H and O–H groups in total. The third kappa shape index (κ3) is 4.11. The molecule has 0 bridgehead atoms. The van der Waals surface area contributed by atoms with Crippen molar-refractivity contribution in [2.45, 2.75) is 18.9 Å². The molecule has 0 spiro atoms. The third-order valence-electron chi connectivity index (χ3n) is 5.00. The van der Waals surface area contributed by atoms with Gasteiger partial charge in [-0.15, -0.1) is 0 Å². The van der Waals surface area contributed by atoms with Gasteiger partial charge in [-0.25, -0.2) is 9.78 Å². The molecule has 0 atom stereocenters. The van der Waals surface area contributed by atoms with Crippen LogP contribution in [0, 0.1) is 0 Å². The Kier molecular flexibility index (Phi) is 5.24. The van der Waals surface area contributed by atoms with Gasteiger partial charge in [-0.2, -0.15) is 0 Å². The maximum Gasteiger partial charge on any atom is 0.321 e. The van der Waals surface area contributed by atoms with Crippen LogP contribution in [0.5, 0.6) is 0 Å². The highest BCUT2D eigenvalue weighted by molar-refractivity contribution is 5.94. The average molecular weight is 391 g/mol. The second kappa shape index (κ2) is 8.14. The number of carbonyl (C=O) groups excluding carboxylic acids is 2. The number of urea groups is 1. The summed E-state index contributed by atoms with van der Waals surface area (Å²) >= 11 is 0. The van der Waals surface area contributed by atoms with Crippen LogP contribution in [0.2, 0.25) is 0 Å². The highest BCUT2D eigenvalue weighted by Crippen LogP contribution is 2.13. The predicted octanol–water partition coefficient (Wildman–Crippen LogP) is 2.12. The summed E-state index contributed by atoms with van der Waals surface area (Å²) in [6.45, 7) is 1.05. The number of nitrogens with one attached hydrogen (secondary N) is 2. The first-order valence-electron chi connectivity index (χ1n) is 9.50. The molecule has 3 heterocycles. The van der Waals surface area contributed by atoms with Gasteiger partial charge in [-0.05, 0) is 37.1 Å². The standard InChI is InChI=1S/C21H21N5O3/c27-19(17-14-22-18-8-4-5-11-26(18)20(17)28)23-16-9-12-25(13-10-16)21(29)24-15-6-2-1-3-7-15/h1-8,11,14,16H,9-10,12-13H2,(H,23,27)(H,24,29). The number of carbonyl (C=O) groups is 2. The zero-order valence-corrected chi connectivity index (χ0v) is 15.7. The monoisotopic (exact) mass is 391 g/mol. The van der Waals surface area contributed by atoms with E-state index in [9.17, 15) is 14.4 Å². The average Bonchev–Trinajstić information content (AvgIpc) is 2.75. The van der Waals surface area contributed by atoms with Crippen molar-refractivity contribution in [3.05, 3.63) is 76.8 Å². The van der Waals surface area contributed by atoms with E-state index in [1.165, 1.54) is 10.6 Å². The van der Waals surface area contributed by atoms with E-state index >= 15 is 0 Å². The topological polar surface area (TPSA) is 95.8 Å². The minimum absolute atomic E-state index is 0.0120. The summed E-state index contributed by atoms with van der Waals surface area (Å²) in [5.74, 6) is -0.437. The van der Waals surface area contributed by atoms with Crippen molar-refractivity contribution in [1.29, 1.82) is 0 Å². The van der Waals surface area contributed by atoms with Crippen molar-refractivity contribution in [3.8, 4) is 0 Å². The first-order chi connectivity index (χ1) is 14.1. The number of pyridine rings is 1. The molecule has 2 aromatic heterocycles. The van der Waals surface area contributed by atoms with Gasteiger partial charge in [0.05, 0.1) is 0 Å².